The predicted octanol–water partition coefficient (Wildman–Crippen LogP) is 0.422. The van der Waals surface area contributed by atoms with Crippen molar-refractivity contribution >= 4 is 0 Å². The van der Waals surface area contributed by atoms with Gasteiger partial charge in [0.25, 0.3) is 0 Å². The highest BCUT2D eigenvalue weighted by molar-refractivity contribution is 4.80. The van der Waals surface area contributed by atoms with E-state index in [0.29, 0.717) is 0 Å². The molecule has 0 saturated carbocycles. The van der Waals surface area contributed by atoms with E-state index in [9.17, 15) is 0 Å². The zero-order valence-corrected chi connectivity index (χ0v) is 9.26. The molecule has 0 amide bonds. The van der Waals surface area contributed by atoms with Gasteiger partial charge >= 0.3 is 0 Å². The van der Waals surface area contributed by atoms with Crippen molar-refractivity contribution < 1.29 is 0 Å². The molecule has 2 aliphatic rings. The number of nitrogens with one attached hydrogen (secondary N) is 2. The van der Waals surface area contributed by atoms with Crippen molar-refractivity contribution in [1.29, 1.82) is 0 Å². The molecule has 0 aromatic rings. The molecule has 2 saturated heterocycles. The molecule has 0 aliphatic carbocycles. The second-order valence-electron chi connectivity index (χ2n) is 4.78. The lowest BCUT2D eigenvalue weighted by Gasteiger charge is -2.15. The summed E-state index contributed by atoms with van der Waals surface area (Å²) in [7, 11) is 2.21. The molecule has 2 atom stereocenters. The number of hydrogen-bond acceptors (Lipinski definition) is 3. The van der Waals surface area contributed by atoms with Gasteiger partial charge in [0.1, 0.15) is 0 Å². The lowest BCUT2D eigenvalue weighted by atomic mass is 10.1. The summed E-state index contributed by atoms with van der Waals surface area (Å²) in [6.45, 7) is 4.92. The summed E-state index contributed by atoms with van der Waals surface area (Å²) in [6.07, 6.45) is 5.39. The van der Waals surface area contributed by atoms with E-state index in [-0.39, 0.29) is 0 Å². The molecule has 82 valence electrons. The van der Waals surface area contributed by atoms with E-state index < -0.39 is 0 Å². The van der Waals surface area contributed by atoms with E-state index in [1.807, 2.05) is 0 Å². The molecule has 2 N–H and O–H groups in total. The molecule has 0 radical (unpaired) electrons. The topological polar surface area (TPSA) is 27.3 Å². The van der Waals surface area contributed by atoms with Gasteiger partial charge in [0.15, 0.2) is 0 Å². The van der Waals surface area contributed by atoms with Gasteiger partial charge in [-0.1, -0.05) is 0 Å². The summed E-state index contributed by atoms with van der Waals surface area (Å²) in [5.41, 5.74) is 0. The van der Waals surface area contributed by atoms with Gasteiger partial charge < -0.3 is 15.5 Å². The summed E-state index contributed by atoms with van der Waals surface area (Å²) in [6, 6.07) is 1.54. The SMILES string of the molecule is CN1CCC(NCCC2CCCN2)C1. The van der Waals surface area contributed by atoms with Crippen LogP contribution in [0.3, 0.4) is 0 Å². The molecule has 3 nitrogen and oxygen atoms in total. The minimum atomic E-state index is 0.751. The first-order valence-corrected chi connectivity index (χ1v) is 6.00. The van der Waals surface area contributed by atoms with Crippen molar-refractivity contribution in [2.45, 2.75) is 37.8 Å². The molecule has 2 unspecified atom stereocenters. The van der Waals surface area contributed by atoms with Crippen LogP contribution in [0.2, 0.25) is 0 Å². The van der Waals surface area contributed by atoms with E-state index in [1.165, 1.54) is 51.9 Å². The minimum absolute atomic E-state index is 0.751. The van der Waals surface area contributed by atoms with Gasteiger partial charge in [0, 0.05) is 18.6 Å². The Balaban J connectivity index is 1.54. The number of nitrogens with zero attached hydrogens (tertiary/aromatic N) is 1. The van der Waals surface area contributed by atoms with Crippen molar-refractivity contribution in [2.75, 3.05) is 33.2 Å². The molecule has 0 aromatic carbocycles. The first-order chi connectivity index (χ1) is 6.84. The Hall–Kier alpha value is -0.120. The van der Waals surface area contributed by atoms with Gasteiger partial charge in [0.05, 0.1) is 0 Å². The van der Waals surface area contributed by atoms with E-state index in [2.05, 4.69) is 22.6 Å². The average Bonchev–Trinajstić information content (AvgIpc) is 2.77. The predicted molar refractivity (Wildman–Crippen MR) is 59.5 cm³/mol. The highest BCUT2D eigenvalue weighted by Gasteiger charge is 2.19. The Morgan fingerprint density at radius 2 is 2.36 bits per heavy atom. The van der Waals surface area contributed by atoms with E-state index in [1.54, 1.807) is 0 Å². The molecule has 0 spiro atoms. The van der Waals surface area contributed by atoms with Gasteiger partial charge in [-0.3, -0.25) is 0 Å². The maximum Gasteiger partial charge on any atom is 0.0207 e. The van der Waals surface area contributed by atoms with Gasteiger partial charge in [-0.2, -0.15) is 0 Å². The maximum absolute atomic E-state index is 3.66. The van der Waals surface area contributed by atoms with Crippen molar-refractivity contribution in [3.63, 3.8) is 0 Å². The van der Waals surface area contributed by atoms with Crippen LogP contribution in [0.25, 0.3) is 0 Å². The van der Waals surface area contributed by atoms with Gasteiger partial charge in [0.2, 0.25) is 0 Å². The molecule has 0 aromatic heterocycles. The third-order valence-corrected chi connectivity index (χ3v) is 3.48. The first-order valence-electron chi connectivity index (χ1n) is 6.00. The Morgan fingerprint density at radius 1 is 1.43 bits per heavy atom. The van der Waals surface area contributed by atoms with Crippen LogP contribution in [0, 0.1) is 0 Å². The summed E-state index contributed by atoms with van der Waals surface area (Å²) >= 11 is 0. The van der Waals surface area contributed by atoms with Gasteiger partial charge in [-0.05, 0) is 52.4 Å². The number of rotatable bonds is 4. The third kappa shape index (κ3) is 2.94. The zero-order valence-electron chi connectivity index (χ0n) is 9.26. The van der Waals surface area contributed by atoms with Gasteiger partial charge in [-0.15, -0.1) is 0 Å². The standard InChI is InChI=1S/C11H23N3/c1-14-8-5-11(9-14)13-7-4-10-3-2-6-12-10/h10-13H,2-9H2,1H3. The second-order valence-corrected chi connectivity index (χ2v) is 4.78. The maximum atomic E-state index is 3.66. The van der Waals surface area contributed by atoms with Crippen molar-refractivity contribution in [1.82, 2.24) is 15.5 Å². The summed E-state index contributed by atoms with van der Waals surface area (Å²) in [5.74, 6) is 0. The largest absolute Gasteiger partial charge is 0.314 e. The molecule has 0 bridgehead atoms. The second kappa shape index (κ2) is 5.10. The van der Waals surface area contributed by atoms with Crippen LogP contribution in [0.15, 0.2) is 0 Å². The molecular formula is C11H23N3. The highest BCUT2D eigenvalue weighted by atomic mass is 15.2. The third-order valence-electron chi connectivity index (χ3n) is 3.48. The average molecular weight is 197 g/mol. The molecule has 14 heavy (non-hydrogen) atoms. The van der Waals surface area contributed by atoms with Crippen LogP contribution < -0.4 is 10.6 Å². The van der Waals surface area contributed by atoms with Crippen LogP contribution in [0.4, 0.5) is 0 Å². The zero-order chi connectivity index (χ0) is 9.80. The molecule has 3 heteroatoms. The molecule has 2 fully saturated rings. The van der Waals surface area contributed by atoms with Crippen LogP contribution in [-0.4, -0.2) is 50.2 Å². The molecular weight excluding hydrogens is 174 g/mol. The fraction of sp³-hybridized carbons (Fsp3) is 1.00. The van der Waals surface area contributed by atoms with E-state index in [0.717, 1.165) is 12.1 Å². The quantitative estimate of drug-likeness (QED) is 0.684. The minimum Gasteiger partial charge on any atom is -0.314 e. The molecule has 2 aliphatic heterocycles. The Bertz CT molecular complexity index is 166. The Kier molecular flexibility index (Phi) is 3.79. The van der Waals surface area contributed by atoms with Crippen LogP contribution >= 0.6 is 0 Å². The number of likely N-dealkylation sites (tertiary alicyclic amines) is 1. The van der Waals surface area contributed by atoms with Gasteiger partial charge in [-0.25, -0.2) is 0 Å². The van der Waals surface area contributed by atoms with Crippen molar-refractivity contribution in [2.24, 2.45) is 0 Å². The number of hydrogen-bond donors (Lipinski definition) is 2. The molecule has 2 heterocycles. The van der Waals surface area contributed by atoms with Crippen LogP contribution in [0.1, 0.15) is 25.7 Å². The van der Waals surface area contributed by atoms with Crippen LogP contribution in [0.5, 0.6) is 0 Å². The summed E-state index contributed by atoms with van der Waals surface area (Å²) < 4.78 is 0. The summed E-state index contributed by atoms with van der Waals surface area (Å²) in [5, 5.41) is 7.20. The normalized spacial score (nSPS) is 34.1. The highest BCUT2D eigenvalue weighted by Crippen LogP contribution is 2.09. The summed E-state index contributed by atoms with van der Waals surface area (Å²) in [4.78, 5) is 2.41. The fourth-order valence-electron chi connectivity index (χ4n) is 2.57. The van der Waals surface area contributed by atoms with E-state index in [4.69, 9.17) is 0 Å². The lowest BCUT2D eigenvalue weighted by molar-refractivity contribution is 0.394. The number of likely N-dealkylation sites (N-methyl/N-ethyl adjacent to an activating group) is 1. The monoisotopic (exact) mass is 197 g/mol. The Morgan fingerprint density at radius 3 is 3.00 bits per heavy atom. The lowest BCUT2D eigenvalue weighted by Crippen LogP contribution is -2.35. The molecule has 2 rings (SSSR count). The van der Waals surface area contributed by atoms with E-state index >= 15 is 0 Å². The smallest absolute Gasteiger partial charge is 0.0207 e. The van der Waals surface area contributed by atoms with Crippen molar-refractivity contribution in [3.8, 4) is 0 Å². The first kappa shape index (κ1) is 10.4. The fourth-order valence-corrected chi connectivity index (χ4v) is 2.57. The van der Waals surface area contributed by atoms with Crippen molar-refractivity contribution in [3.05, 3.63) is 0 Å². The van der Waals surface area contributed by atoms with Crippen LogP contribution in [-0.2, 0) is 0 Å². The Labute approximate surface area is 87.2 Å².